The number of thioether (sulfide) groups is 1. The van der Waals surface area contributed by atoms with Gasteiger partial charge in [-0.05, 0) is 37.7 Å². The van der Waals surface area contributed by atoms with E-state index in [4.69, 9.17) is 23.2 Å². The van der Waals surface area contributed by atoms with E-state index < -0.39 is 0 Å². The van der Waals surface area contributed by atoms with Crippen molar-refractivity contribution < 1.29 is 5.11 Å². The van der Waals surface area contributed by atoms with Crippen molar-refractivity contribution >= 4 is 35.0 Å². The summed E-state index contributed by atoms with van der Waals surface area (Å²) in [4.78, 5) is 0. The van der Waals surface area contributed by atoms with E-state index in [1.807, 2.05) is 19.2 Å². The van der Waals surface area contributed by atoms with E-state index >= 15 is 0 Å². The van der Waals surface area contributed by atoms with Crippen molar-refractivity contribution in [1.82, 2.24) is 5.32 Å². The Morgan fingerprint density at radius 3 is 2.81 bits per heavy atom. The average Bonchev–Trinajstić information content (AvgIpc) is 2.25. The van der Waals surface area contributed by atoms with Gasteiger partial charge in [0.25, 0.3) is 0 Å². The highest BCUT2D eigenvalue weighted by Crippen LogP contribution is 2.26. The summed E-state index contributed by atoms with van der Waals surface area (Å²) in [6, 6.07) is 5.42. The molecule has 1 aromatic carbocycles. The Bertz CT molecular complexity index is 336. The van der Waals surface area contributed by atoms with Crippen molar-refractivity contribution in [3.63, 3.8) is 0 Å². The maximum Gasteiger partial charge on any atom is 0.101 e. The van der Waals surface area contributed by atoms with Gasteiger partial charge in [0.15, 0.2) is 0 Å². The first-order chi connectivity index (χ1) is 7.63. The zero-order valence-corrected chi connectivity index (χ0v) is 11.4. The molecule has 0 aromatic heterocycles. The molecule has 0 amide bonds. The molecule has 0 saturated carbocycles. The third kappa shape index (κ3) is 4.93. The summed E-state index contributed by atoms with van der Waals surface area (Å²) in [5, 5.41) is 13.9. The van der Waals surface area contributed by atoms with Crippen LogP contribution in [0.2, 0.25) is 10.0 Å². The molecule has 2 nitrogen and oxygen atoms in total. The molecule has 0 saturated heterocycles. The van der Waals surface area contributed by atoms with Gasteiger partial charge in [-0.15, -0.1) is 11.8 Å². The van der Waals surface area contributed by atoms with Crippen LogP contribution < -0.4 is 5.32 Å². The smallest absolute Gasteiger partial charge is 0.101 e. The SMILES string of the molecule is CNCCC(O)SCc1ccc(Cl)cc1Cl. The quantitative estimate of drug-likeness (QED) is 0.785. The fourth-order valence-electron chi connectivity index (χ4n) is 1.18. The topological polar surface area (TPSA) is 32.3 Å². The molecule has 0 aliphatic heterocycles. The zero-order chi connectivity index (χ0) is 12.0. The summed E-state index contributed by atoms with van der Waals surface area (Å²) in [5.74, 6) is 0.695. The lowest BCUT2D eigenvalue weighted by Gasteiger charge is -2.10. The van der Waals surface area contributed by atoms with E-state index in [1.165, 1.54) is 11.8 Å². The molecule has 5 heteroatoms. The van der Waals surface area contributed by atoms with Crippen molar-refractivity contribution in [2.24, 2.45) is 0 Å². The molecule has 1 aromatic rings. The lowest BCUT2D eigenvalue weighted by atomic mass is 10.2. The van der Waals surface area contributed by atoms with Crippen molar-refractivity contribution in [3.05, 3.63) is 33.8 Å². The van der Waals surface area contributed by atoms with E-state index in [1.54, 1.807) is 6.07 Å². The van der Waals surface area contributed by atoms with Crippen LogP contribution in [-0.4, -0.2) is 24.1 Å². The highest BCUT2D eigenvalue weighted by Gasteiger charge is 2.06. The summed E-state index contributed by atoms with van der Waals surface area (Å²) in [5.41, 5.74) is 0.638. The normalized spacial score (nSPS) is 12.8. The van der Waals surface area contributed by atoms with Gasteiger partial charge < -0.3 is 10.4 Å². The number of benzene rings is 1. The second-order valence-electron chi connectivity index (χ2n) is 3.39. The van der Waals surface area contributed by atoms with Gasteiger partial charge in [0.05, 0.1) is 0 Å². The lowest BCUT2D eigenvalue weighted by Crippen LogP contribution is -2.14. The van der Waals surface area contributed by atoms with E-state index in [-0.39, 0.29) is 5.44 Å². The minimum absolute atomic E-state index is 0.362. The number of halogens is 2. The van der Waals surface area contributed by atoms with Crippen molar-refractivity contribution in [3.8, 4) is 0 Å². The van der Waals surface area contributed by atoms with Gasteiger partial charge in [-0.3, -0.25) is 0 Å². The molecule has 1 atom stereocenters. The Morgan fingerprint density at radius 2 is 2.19 bits per heavy atom. The minimum atomic E-state index is -0.362. The molecule has 1 rings (SSSR count). The van der Waals surface area contributed by atoms with Crippen LogP contribution in [0.5, 0.6) is 0 Å². The molecule has 2 N–H and O–H groups in total. The number of hydrogen-bond donors (Lipinski definition) is 2. The van der Waals surface area contributed by atoms with Crippen molar-refractivity contribution in [1.29, 1.82) is 0 Å². The average molecular weight is 280 g/mol. The predicted octanol–water partition coefficient (Wildman–Crippen LogP) is 3.15. The number of aliphatic hydroxyl groups excluding tert-OH is 1. The standard InChI is InChI=1S/C11H15Cl2NOS/c1-14-5-4-11(15)16-7-8-2-3-9(12)6-10(8)13/h2-3,6,11,14-15H,4-5,7H2,1H3. The zero-order valence-electron chi connectivity index (χ0n) is 9.04. The third-order valence-electron chi connectivity index (χ3n) is 2.09. The molecule has 0 aliphatic rings. The molecule has 0 bridgehead atoms. The van der Waals surface area contributed by atoms with E-state index in [0.29, 0.717) is 15.8 Å². The molecule has 0 spiro atoms. The summed E-state index contributed by atoms with van der Waals surface area (Å²) in [6.45, 7) is 0.808. The summed E-state index contributed by atoms with van der Waals surface area (Å²) >= 11 is 13.3. The number of rotatable bonds is 6. The van der Waals surface area contributed by atoms with Crippen molar-refractivity contribution in [2.45, 2.75) is 17.6 Å². The van der Waals surface area contributed by atoms with E-state index in [2.05, 4.69) is 5.32 Å². The Hall–Kier alpha value is 0.0700. The van der Waals surface area contributed by atoms with Crippen LogP contribution in [0.1, 0.15) is 12.0 Å². The summed E-state index contributed by atoms with van der Waals surface area (Å²) < 4.78 is 0. The molecule has 16 heavy (non-hydrogen) atoms. The maximum absolute atomic E-state index is 9.64. The van der Waals surface area contributed by atoms with Crippen molar-refractivity contribution in [2.75, 3.05) is 13.6 Å². The second-order valence-corrected chi connectivity index (χ2v) is 5.40. The molecule has 0 heterocycles. The van der Waals surface area contributed by atoms with Gasteiger partial charge >= 0.3 is 0 Å². The summed E-state index contributed by atoms with van der Waals surface area (Å²) in [7, 11) is 1.87. The third-order valence-corrected chi connectivity index (χ3v) is 3.77. The van der Waals surface area contributed by atoms with Gasteiger partial charge in [0.2, 0.25) is 0 Å². The monoisotopic (exact) mass is 279 g/mol. The molecule has 90 valence electrons. The minimum Gasteiger partial charge on any atom is -0.382 e. The first-order valence-electron chi connectivity index (χ1n) is 5.01. The van der Waals surface area contributed by atoms with Crippen LogP contribution in [0.15, 0.2) is 18.2 Å². The molecular weight excluding hydrogens is 265 g/mol. The van der Waals surface area contributed by atoms with Crippen LogP contribution in [0.4, 0.5) is 0 Å². The number of aliphatic hydroxyl groups is 1. The molecule has 0 radical (unpaired) electrons. The Balaban J connectivity index is 2.42. The van der Waals surface area contributed by atoms with E-state index in [9.17, 15) is 5.11 Å². The molecule has 1 unspecified atom stereocenters. The maximum atomic E-state index is 9.64. The van der Waals surface area contributed by atoms with Gasteiger partial charge in [-0.1, -0.05) is 29.3 Å². The largest absolute Gasteiger partial charge is 0.382 e. The number of hydrogen-bond acceptors (Lipinski definition) is 3. The van der Waals surface area contributed by atoms with Gasteiger partial charge in [-0.2, -0.15) is 0 Å². The first-order valence-corrected chi connectivity index (χ1v) is 6.82. The fraction of sp³-hybridized carbons (Fsp3) is 0.455. The van der Waals surface area contributed by atoms with Crippen LogP contribution in [-0.2, 0) is 5.75 Å². The van der Waals surface area contributed by atoms with E-state index in [0.717, 1.165) is 18.5 Å². The van der Waals surface area contributed by atoms with Gasteiger partial charge in [0, 0.05) is 15.8 Å². The van der Waals surface area contributed by atoms with Crippen LogP contribution in [0.25, 0.3) is 0 Å². The lowest BCUT2D eigenvalue weighted by molar-refractivity contribution is 0.252. The number of nitrogens with one attached hydrogen (secondary N) is 1. The molecular formula is C11H15Cl2NOS. The van der Waals surface area contributed by atoms with Gasteiger partial charge in [-0.25, -0.2) is 0 Å². The Morgan fingerprint density at radius 1 is 1.44 bits per heavy atom. The highest BCUT2D eigenvalue weighted by molar-refractivity contribution is 7.98. The predicted molar refractivity (Wildman–Crippen MR) is 72.3 cm³/mol. The first kappa shape index (κ1) is 14.1. The highest BCUT2D eigenvalue weighted by atomic mass is 35.5. The fourth-order valence-corrected chi connectivity index (χ4v) is 2.64. The van der Waals surface area contributed by atoms with Crippen LogP contribution in [0, 0.1) is 0 Å². The van der Waals surface area contributed by atoms with Crippen LogP contribution >= 0.6 is 35.0 Å². The Kier molecular flexibility index (Phi) is 6.54. The van der Waals surface area contributed by atoms with Crippen LogP contribution in [0.3, 0.4) is 0 Å². The summed E-state index contributed by atoms with van der Waals surface area (Å²) in [6.07, 6.45) is 0.729. The molecule has 0 aliphatic carbocycles. The van der Waals surface area contributed by atoms with Gasteiger partial charge in [0.1, 0.15) is 5.44 Å². The second kappa shape index (κ2) is 7.41. The Labute approximate surface area is 110 Å². The molecule has 0 fully saturated rings.